The Kier molecular flexibility index (Phi) is 6.74. The van der Waals surface area contributed by atoms with Crippen LogP contribution in [0.15, 0.2) is 60.7 Å². The first-order valence-electron chi connectivity index (χ1n) is 12.2. The predicted molar refractivity (Wildman–Crippen MR) is 133 cm³/mol. The van der Waals surface area contributed by atoms with E-state index in [2.05, 4.69) is 17.0 Å². The van der Waals surface area contributed by atoms with Crippen molar-refractivity contribution in [3.63, 3.8) is 0 Å². The van der Waals surface area contributed by atoms with E-state index in [0.717, 1.165) is 37.9 Å². The molecule has 2 aromatic rings. The monoisotopic (exact) mass is 463 g/mol. The van der Waals surface area contributed by atoms with Crippen molar-refractivity contribution in [2.24, 2.45) is 0 Å². The highest BCUT2D eigenvalue weighted by atomic mass is 32.2. The van der Waals surface area contributed by atoms with E-state index in [1.54, 1.807) is 0 Å². The summed E-state index contributed by atoms with van der Waals surface area (Å²) in [6.45, 7) is 2.73. The van der Waals surface area contributed by atoms with Crippen molar-refractivity contribution in [2.75, 3.05) is 31.1 Å². The minimum atomic E-state index is -0.694. The maximum absolute atomic E-state index is 13.8. The van der Waals surface area contributed by atoms with Crippen molar-refractivity contribution in [1.82, 2.24) is 14.7 Å². The first-order valence-corrected chi connectivity index (χ1v) is 13.4. The molecule has 5 nitrogen and oxygen atoms in total. The van der Waals surface area contributed by atoms with Crippen LogP contribution in [0.5, 0.6) is 0 Å². The molecule has 0 aliphatic carbocycles. The molecule has 0 unspecified atom stereocenters. The average molecular weight is 464 g/mol. The van der Waals surface area contributed by atoms with Crippen LogP contribution in [0.3, 0.4) is 0 Å². The lowest BCUT2D eigenvalue weighted by Crippen LogP contribution is -2.58. The Morgan fingerprint density at radius 1 is 0.848 bits per heavy atom. The maximum Gasteiger partial charge on any atom is 0.328 e. The Hall–Kier alpha value is -2.31. The van der Waals surface area contributed by atoms with Crippen molar-refractivity contribution in [3.05, 3.63) is 71.8 Å². The largest absolute Gasteiger partial charge is 0.328 e. The summed E-state index contributed by atoms with van der Waals surface area (Å²) in [4.78, 5) is 33.5. The van der Waals surface area contributed by atoms with E-state index in [1.807, 2.05) is 65.2 Å². The number of urea groups is 1. The molecule has 3 aliphatic heterocycles. The second-order valence-electron chi connectivity index (χ2n) is 9.46. The molecule has 0 N–H and O–H groups in total. The zero-order valence-electron chi connectivity index (χ0n) is 19.2. The number of thioether (sulfide) groups is 1. The third kappa shape index (κ3) is 4.56. The van der Waals surface area contributed by atoms with Crippen LogP contribution < -0.4 is 0 Å². The van der Waals surface area contributed by atoms with E-state index in [0.29, 0.717) is 19.1 Å². The number of rotatable bonds is 6. The van der Waals surface area contributed by atoms with Gasteiger partial charge in [0.25, 0.3) is 5.91 Å². The van der Waals surface area contributed by atoms with Gasteiger partial charge in [-0.3, -0.25) is 9.69 Å². The number of nitrogens with zero attached hydrogens (tertiary/aromatic N) is 3. The molecule has 1 spiro atoms. The van der Waals surface area contributed by atoms with E-state index in [1.165, 1.54) is 34.8 Å². The molecule has 174 valence electrons. The third-order valence-electron chi connectivity index (χ3n) is 7.60. The molecule has 3 amide bonds. The molecular weight excluding hydrogens is 430 g/mol. The zero-order chi connectivity index (χ0) is 22.7. The Bertz CT molecular complexity index is 954. The molecule has 5 rings (SSSR count). The Morgan fingerprint density at radius 3 is 2.09 bits per heavy atom. The molecule has 2 aromatic carbocycles. The van der Waals surface area contributed by atoms with Gasteiger partial charge in [-0.05, 0) is 54.7 Å². The van der Waals surface area contributed by atoms with Gasteiger partial charge in [-0.2, -0.15) is 11.8 Å². The molecule has 0 saturated carbocycles. The zero-order valence-corrected chi connectivity index (χ0v) is 20.0. The van der Waals surface area contributed by atoms with Gasteiger partial charge >= 0.3 is 6.03 Å². The van der Waals surface area contributed by atoms with E-state index in [9.17, 15) is 9.59 Å². The first-order chi connectivity index (χ1) is 16.2. The van der Waals surface area contributed by atoms with E-state index in [-0.39, 0.29) is 11.9 Å². The summed E-state index contributed by atoms with van der Waals surface area (Å²) < 4.78 is 0. The fourth-order valence-electron chi connectivity index (χ4n) is 5.68. The second kappa shape index (κ2) is 9.90. The molecule has 3 saturated heterocycles. The second-order valence-corrected chi connectivity index (χ2v) is 10.7. The van der Waals surface area contributed by atoms with Gasteiger partial charge in [0.1, 0.15) is 5.54 Å². The number of hydrogen-bond donors (Lipinski definition) is 0. The van der Waals surface area contributed by atoms with E-state index >= 15 is 0 Å². The number of benzene rings is 2. The molecule has 3 fully saturated rings. The van der Waals surface area contributed by atoms with Gasteiger partial charge in [0, 0.05) is 25.7 Å². The highest BCUT2D eigenvalue weighted by Crippen LogP contribution is 2.39. The fourth-order valence-corrected chi connectivity index (χ4v) is 6.76. The van der Waals surface area contributed by atoms with Crippen LogP contribution in [0.4, 0.5) is 4.79 Å². The summed E-state index contributed by atoms with van der Waals surface area (Å²) in [5, 5.41) is 0. The van der Waals surface area contributed by atoms with Crippen LogP contribution in [-0.2, 0) is 17.8 Å². The summed E-state index contributed by atoms with van der Waals surface area (Å²) in [5.41, 5.74) is 1.50. The minimum Gasteiger partial charge on any atom is -0.309 e. The van der Waals surface area contributed by atoms with Crippen molar-refractivity contribution < 1.29 is 9.59 Å². The number of carbonyl (C=O) groups excluding carboxylic acids is 2. The minimum absolute atomic E-state index is 0.00302. The molecular formula is C27H33N3O2S. The molecule has 3 aliphatic rings. The summed E-state index contributed by atoms with van der Waals surface area (Å²) in [7, 11) is 0. The number of piperidine rings is 1. The van der Waals surface area contributed by atoms with Gasteiger partial charge in [0.05, 0.1) is 6.54 Å². The topological polar surface area (TPSA) is 43.9 Å². The van der Waals surface area contributed by atoms with Gasteiger partial charge in [-0.25, -0.2) is 4.79 Å². The summed E-state index contributed by atoms with van der Waals surface area (Å²) in [6.07, 6.45) is 4.72. The summed E-state index contributed by atoms with van der Waals surface area (Å²) >= 11 is 2.05. The van der Waals surface area contributed by atoms with Gasteiger partial charge < -0.3 is 9.80 Å². The van der Waals surface area contributed by atoms with E-state index < -0.39 is 5.54 Å². The molecule has 0 aromatic heterocycles. The average Bonchev–Trinajstić information content (AvgIpc) is 3.06. The van der Waals surface area contributed by atoms with Crippen LogP contribution in [0.2, 0.25) is 0 Å². The predicted octanol–water partition coefficient (Wildman–Crippen LogP) is 4.42. The molecule has 0 atom stereocenters. The number of hydrogen-bond acceptors (Lipinski definition) is 4. The van der Waals surface area contributed by atoms with Crippen molar-refractivity contribution in [2.45, 2.75) is 50.2 Å². The molecule has 6 heteroatoms. The van der Waals surface area contributed by atoms with Crippen LogP contribution in [0.25, 0.3) is 0 Å². The number of likely N-dealkylation sites (tertiary alicyclic amines) is 1. The number of imide groups is 1. The fraction of sp³-hybridized carbons (Fsp3) is 0.481. The maximum atomic E-state index is 13.8. The first kappa shape index (κ1) is 22.5. The van der Waals surface area contributed by atoms with E-state index in [4.69, 9.17) is 0 Å². The van der Waals surface area contributed by atoms with Crippen molar-refractivity contribution >= 4 is 23.7 Å². The molecule has 0 radical (unpaired) electrons. The lowest BCUT2D eigenvalue weighted by atomic mass is 9.84. The lowest BCUT2D eigenvalue weighted by molar-refractivity contribution is -0.136. The van der Waals surface area contributed by atoms with Gasteiger partial charge in [0.15, 0.2) is 0 Å². The Balaban J connectivity index is 1.36. The highest BCUT2D eigenvalue weighted by Gasteiger charge is 2.57. The summed E-state index contributed by atoms with van der Waals surface area (Å²) in [5.74, 6) is 2.47. The lowest BCUT2D eigenvalue weighted by Gasteiger charge is -2.45. The third-order valence-corrected chi connectivity index (χ3v) is 8.65. The SMILES string of the molecule is O=C1N(Cc2ccccc2)C(=O)C2(CCN(C3CCSCC3)CC2)N1CCc1ccccc1. The van der Waals surface area contributed by atoms with Crippen molar-refractivity contribution in [3.8, 4) is 0 Å². The highest BCUT2D eigenvalue weighted by molar-refractivity contribution is 7.99. The van der Waals surface area contributed by atoms with Crippen LogP contribution in [0.1, 0.15) is 36.8 Å². The normalized spacial score (nSPS) is 21.8. The quantitative estimate of drug-likeness (QED) is 0.595. The van der Waals surface area contributed by atoms with Gasteiger partial charge in [-0.1, -0.05) is 60.7 Å². The Labute approximate surface area is 201 Å². The Morgan fingerprint density at radius 2 is 1.45 bits per heavy atom. The standard InChI is InChI=1S/C27H33N3O2S/c31-25-27(14-17-28(18-15-27)24-12-19-33-20-13-24)30(16-11-22-7-3-1-4-8-22)26(32)29(25)21-23-9-5-2-6-10-23/h1-10,24H,11-21H2. The van der Waals surface area contributed by atoms with Crippen LogP contribution in [0, 0.1) is 0 Å². The number of amides is 3. The number of carbonyl (C=O) groups is 2. The molecule has 33 heavy (non-hydrogen) atoms. The van der Waals surface area contributed by atoms with Gasteiger partial charge in [0.2, 0.25) is 0 Å². The summed E-state index contributed by atoms with van der Waals surface area (Å²) in [6, 6.07) is 20.6. The smallest absolute Gasteiger partial charge is 0.309 e. The van der Waals surface area contributed by atoms with Gasteiger partial charge in [-0.15, -0.1) is 0 Å². The van der Waals surface area contributed by atoms with Crippen molar-refractivity contribution in [1.29, 1.82) is 0 Å². The van der Waals surface area contributed by atoms with Crippen LogP contribution >= 0.6 is 11.8 Å². The molecule has 0 bridgehead atoms. The molecule has 3 heterocycles. The van der Waals surface area contributed by atoms with Crippen LogP contribution in [-0.4, -0.2) is 69.4 Å².